The Morgan fingerprint density at radius 2 is 2.00 bits per heavy atom. The second-order valence-corrected chi connectivity index (χ2v) is 5.52. The first-order valence-electron chi connectivity index (χ1n) is 7.17. The van der Waals surface area contributed by atoms with Gasteiger partial charge in [0.05, 0.1) is 12.5 Å². The molecule has 0 aliphatic heterocycles. The SMILES string of the molecule is COCc1cccc(CNC(=O)[C@@H]2CC[C@H](C(=O)O)C2)c1. The molecule has 0 unspecified atom stereocenters. The third kappa shape index (κ3) is 4.29. The minimum absolute atomic E-state index is 0.0455. The molecule has 2 rings (SSSR count). The summed E-state index contributed by atoms with van der Waals surface area (Å²) in [6.45, 7) is 1.01. The molecular weight excluding hydrogens is 270 g/mol. The largest absolute Gasteiger partial charge is 0.481 e. The Bertz CT molecular complexity index is 515. The average molecular weight is 291 g/mol. The molecule has 1 amide bonds. The molecular formula is C16H21NO4. The third-order valence-corrected chi connectivity index (χ3v) is 3.92. The van der Waals surface area contributed by atoms with Gasteiger partial charge in [-0.2, -0.15) is 0 Å². The molecule has 5 heteroatoms. The molecule has 0 aromatic heterocycles. The van der Waals surface area contributed by atoms with Gasteiger partial charge in [0, 0.05) is 19.6 Å². The van der Waals surface area contributed by atoms with Crippen LogP contribution in [0.4, 0.5) is 0 Å². The number of aliphatic carboxylic acids is 1. The number of ether oxygens (including phenoxy) is 1. The van der Waals surface area contributed by atoms with Crippen LogP contribution in [0.2, 0.25) is 0 Å². The summed E-state index contributed by atoms with van der Waals surface area (Å²) < 4.78 is 5.08. The van der Waals surface area contributed by atoms with Crippen LogP contribution in [0.25, 0.3) is 0 Å². The number of benzene rings is 1. The standard InChI is InChI=1S/C16H21NO4/c1-21-10-12-4-2-3-11(7-12)9-17-15(18)13-5-6-14(8-13)16(19)20/h2-4,7,13-14H,5-6,8-10H2,1H3,(H,17,18)(H,19,20)/t13-,14+/m1/s1. The molecule has 1 saturated carbocycles. The molecule has 1 aliphatic carbocycles. The van der Waals surface area contributed by atoms with E-state index in [0.29, 0.717) is 32.4 Å². The molecule has 0 spiro atoms. The average Bonchev–Trinajstić information content (AvgIpc) is 2.96. The van der Waals surface area contributed by atoms with Crippen molar-refractivity contribution in [3.05, 3.63) is 35.4 Å². The smallest absolute Gasteiger partial charge is 0.306 e. The zero-order chi connectivity index (χ0) is 15.2. The number of carboxylic acid groups (broad SMARTS) is 1. The molecule has 1 aromatic rings. The second-order valence-electron chi connectivity index (χ2n) is 5.52. The second kappa shape index (κ2) is 7.22. The number of nitrogens with one attached hydrogen (secondary N) is 1. The van der Waals surface area contributed by atoms with E-state index >= 15 is 0 Å². The van der Waals surface area contributed by atoms with E-state index in [1.807, 2.05) is 24.3 Å². The molecule has 0 bridgehead atoms. The first kappa shape index (κ1) is 15.5. The summed E-state index contributed by atoms with van der Waals surface area (Å²) in [5, 5.41) is 11.9. The predicted octanol–water partition coefficient (Wildman–Crippen LogP) is 1.95. The number of carbonyl (C=O) groups is 2. The third-order valence-electron chi connectivity index (χ3n) is 3.92. The normalized spacial score (nSPS) is 21.2. The van der Waals surface area contributed by atoms with Gasteiger partial charge in [0.1, 0.15) is 0 Å². The first-order valence-corrected chi connectivity index (χ1v) is 7.17. The fourth-order valence-corrected chi connectivity index (χ4v) is 2.77. The zero-order valence-electron chi connectivity index (χ0n) is 12.2. The Labute approximate surface area is 124 Å². The lowest BCUT2D eigenvalue weighted by Crippen LogP contribution is -2.29. The van der Waals surface area contributed by atoms with E-state index in [1.54, 1.807) is 7.11 Å². The predicted molar refractivity (Wildman–Crippen MR) is 77.5 cm³/mol. The highest BCUT2D eigenvalue weighted by molar-refractivity contribution is 5.80. The van der Waals surface area contributed by atoms with E-state index in [1.165, 1.54) is 0 Å². The lowest BCUT2D eigenvalue weighted by Gasteiger charge is -2.11. The highest BCUT2D eigenvalue weighted by atomic mass is 16.5. The quantitative estimate of drug-likeness (QED) is 0.840. The fraction of sp³-hybridized carbons (Fsp3) is 0.500. The first-order chi connectivity index (χ1) is 10.1. The van der Waals surface area contributed by atoms with Gasteiger partial charge in [0.15, 0.2) is 0 Å². The minimum atomic E-state index is -0.794. The van der Waals surface area contributed by atoms with E-state index < -0.39 is 5.97 Å². The van der Waals surface area contributed by atoms with Gasteiger partial charge in [-0.15, -0.1) is 0 Å². The van der Waals surface area contributed by atoms with Crippen LogP contribution in [0.3, 0.4) is 0 Å². The number of rotatable bonds is 6. The van der Waals surface area contributed by atoms with Gasteiger partial charge in [-0.05, 0) is 30.4 Å². The summed E-state index contributed by atoms with van der Waals surface area (Å²) in [4.78, 5) is 23.0. The molecule has 21 heavy (non-hydrogen) atoms. The molecule has 5 nitrogen and oxygen atoms in total. The van der Waals surface area contributed by atoms with Crippen LogP contribution >= 0.6 is 0 Å². The molecule has 2 atom stereocenters. The van der Waals surface area contributed by atoms with Crippen molar-refractivity contribution in [2.75, 3.05) is 7.11 Å². The Kier molecular flexibility index (Phi) is 5.33. The maximum absolute atomic E-state index is 12.1. The Morgan fingerprint density at radius 1 is 1.29 bits per heavy atom. The highest BCUT2D eigenvalue weighted by Crippen LogP contribution is 2.31. The number of hydrogen-bond donors (Lipinski definition) is 2. The van der Waals surface area contributed by atoms with Gasteiger partial charge in [0.25, 0.3) is 0 Å². The minimum Gasteiger partial charge on any atom is -0.481 e. The van der Waals surface area contributed by atoms with Crippen molar-refractivity contribution in [2.24, 2.45) is 11.8 Å². The maximum atomic E-state index is 12.1. The molecule has 1 aliphatic rings. The molecule has 2 N–H and O–H groups in total. The summed E-state index contributed by atoms with van der Waals surface area (Å²) in [5.74, 6) is -1.38. The zero-order valence-corrected chi connectivity index (χ0v) is 12.2. The number of hydrogen-bond acceptors (Lipinski definition) is 3. The van der Waals surface area contributed by atoms with Gasteiger partial charge < -0.3 is 15.2 Å². The van der Waals surface area contributed by atoms with Gasteiger partial charge in [-0.1, -0.05) is 24.3 Å². The van der Waals surface area contributed by atoms with Gasteiger partial charge in [-0.3, -0.25) is 9.59 Å². The van der Waals surface area contributed by atoms with E-state index in [-0.39, 0.29) is 17.7 Å². The van der Waals surface area contributed by atoms with Crippen LogP contribution in [-0.4, -0.2) is 24.1 Å². The van der Waals surface area contributed by atoms with Crippen LogP contribution in [-0.2, 0) is 27.5 Å². The van der Waals surface area contributed by atoms with E-state index in [9.17, 15) is 9.59 Å². The van der Waals surface area contributed by atoms with Crippen LogP contribution in [0.5, 0.6) is 0 Å². The van der Waals surface area contributed by atoms with Crippen molar-refractivity contribution < 1.29 is 19.4 Å². The van der Waals surface area contributed by atoms with Crippen molar-refractivity contribution >= 4 is 11.9 Å². The number of carboxylic acids is 1. The van der Waals surface area contributed by atoms with Crippen LogP contribution in [0, 0.1) is 11.8 Å². The van der Waals surface area contributed by atoms with Gasteiger partial charge in [0.2, 0.25) is 5.91 Å². The van der Waals surface area contributed by atoms with E-state index in [4.69, 9.17) is 9.84 Å². The Hall–Kier alpha value is -1.88. The summed E-state index contributed by atoms with van der Waals surface area (Å²) >= 11 is 0. The van der Waals surface area contributed by atoms with Crippen molar-refractivity contribution in [3.63, 3.8) is 0 Å². The molecule has 0 heterocycles. The Balaban J connectivity index is 1.84. The number of methoxy groups -OCH3 is 1. The summed E-state index contributed by atoms with van der Waals surface area (Å²) in [6, 6.07) is 7.86. The van der Waals surface area contributed by atoms with Crippen LogP contribution in [0.1, 0.15) is 30.4 Å². The van der Waals surface area contributed by atoms with Gasteiger partial charge in [-0.25, -0.2) is 0 Å². The lowest BCUT2D eigenvalue weighted by molar-refractivity contribution is -0.141. The number of amides is 1. The van der Waals surface area contributed by atoms with Crippen molar-refractivity contribution in [3.8, 4) is 0 Å². The molecule has 1 aromatic carbocycles. The van der Waals surface area contributed by atoms with Crippen LogP contribution in [0.15, 0.2) is 24.3 Å². The highest BCUT2D eigenvalue weighted by Gasteiger charge is 2.33. The maximum Gasteiger partial charge on any atom is 0.306 e. The number of carbonyl (C=O) groups excluding carboxylic acids is 1. The Morgan fingerprint density at radius 3 is 2.67 bits per heavy atom. The van der Waals surface area contributed by atoms with E-state index in [2.05, 4.69) is 5.32 Å². The monoisotopic (exact) mass is 291 g/mol. The van der Waals surface area contributed by atoms with Crippen molar-refractivity contribution in [2.45, 2.75) is 32.4 Å². The lowest BCUT2D eigenvalue weighted by atomic mass is 10.0. The van der Waals surface area contributed by atoms with Crippen molar-refractivity contribution in [1.82, 2.24) is 5.32 Å². The van der Waals surface area contributed by atoms with Crippen LogP contribution < -0.4 is 5.32 Å². The van der Waals surface area contributed by atoms with Gasteiger partial charge >= 0.3 is 5.97 Å². The molecule has 1 fully saturated rings. The molecule has 0 saturated heterocycles. The summed E-state index contributed by atoms with van der Waals surface area (Å²) in [5.41, 5.74) is 2.08. The van der Waals surface area contributed by atoms with E-state index in [0.717, 1.165) is 11.1 Å². The summed E-state index contributed by atoms with van der Waals surface area (Å²) in [7, 11) is 1.65. The molecule has 0 radical (unpaired) electrons. The van der Waals surface area contributed by atoms with Crippen molar-refractivity contribution in [1.29, 1.82) is 0 Å². The summed E-state index contributed by atoms with van der Waals surface area (Å²) in [6.07, 6.45) is 1.70. The molecule has 114 valence electrons. The fourth-order valence-electron chi connectivity index (χ4n) is 2.77. The topological polar surface area (TPSA) is 75.6 Å².